The highest BCUT2D eigenvalue weighted by Gasteiger charge is 1.96. The number of aldehydes is 1. The molecule has 0 spiro atoms. The van der Waals surface area contributed by atoms with Crippen molar-refractivity contribution in [2.24, 2.45) is 4.99 Å². The molecule has 0 aromatic carbocycles. The van der Waals surface area contributed by atoms with Gasteiger partial charge in [0.2, 0.25) is 0 Å². The first-order chi connectivity index (χ1) is 5.90. The molecular weight excluding hydrogens is 152 g/mol. The maximum absolute atomic E-state index is 10.4. The van der Waals surface area contributed by atoms with Crippen LogP contribution in [0.4, 0.5) is 0 Å². The predicted molar refractivity (Wildman–Crippen MR) is 44.8 cm³/mol. The molecule has 0 amide bonds. The Morgan fingerprint density at radius 2 is 2.50 bits per heavy atom. The summed E-state index contributed by atoms with van der Waals surface area (Å²) in [4.78, 5) is 17.5. The average molecular weight is 160 g/mol. The van der Waals surface area contributed by atoms with Crippen LogP contribution in [-0.4, -0.2) is 11.3 Å². The van der Waals surface area contributed by atoms with E-state index in [-0.39, 0.29) is 0 Å². The lowest BCUT2D eigenvalue weighted by Crippen LogP contribution is -2.21. The number of hydrogen-bond acceptors (Lipinski definition) is 2. The van der Waals surface area contributed by atoms with Gasteiger partial charge < -0.3 is 4.98 Å². The Morgan fingerprint density at radius 3 is 3.33 bits per heavy atom. The van der Waals surface area contributed by atoms with Gasteiger partial charge >= 0.3 is 0 Å². The van der Waals surface area contributed by atoms with E-state index in [1.807, 2.05) is 18.3 Å². The Labute approximate surface area is 69.1 Å². The highest BCUT2D eigenvalue weighted by Crippen LogP contribution is 1.99. The smallest absolute Gasteiger partial charge is 0.147 e. The van der Waals surface area contributed by atoms with Crippen LogP contribution < -0.4 is 10.7 Å². The maximum atomic E-state index is 10.4. The van der Waals surface area contributed by atoms with Crippen molar-refractivity contribution in [3.05, 3.63) is 34.7 Å². The van der Waals surface area contributed by atoms with Crippen molar-refractivity contribution in [2.75, 3.05) is 0 Å². The molecule has 0 fully saturated rings. The zero-order valence-electron chi connectivity index (χ0n) is 6.45. The van der Waals surface area contributed by atoms with Crippen molar-refractivity contribution < 1.29 is 4.79 Å². The molecule has 12 heavy (non-hydrogen) atoms. The zero-order chi connectivity index (χ0) is 8.39. The number of carbonyl (C=O) groups is 1. The highest BCUT2D eigenvalue weighted by molar-refractivity contribution is 5.75. The van der Waals surface area contributed by atoms with Crippen molar-refractivity contribution in [1.29, 1.82) is 0 Å². The van der Waals surface area contributed by atoms with E-state index in [4.69, 9.17) is 0 Å². The molecular formula is C9H8N2O. The lowest BCUT2D eigenvalue weighted by molar-refractivity contribution is -0.104. The van der Waals surface area contributed by atoms with Gasteiger partial charge in [0, 0.05) is 23.2 Å². The van der Waals surface area contributed by atoms with Crippen LogP contribution in [-0.2, 0) is 4.79 Å². The third kappa shape index (κ3) is 1.09. The second kappa shape index (κ2) is 2.77. The third-order valence-electron chi connectivity index (χ3n) is 1.82. The topological polar surface area (TPSA) is 45.2 Å². The molecule has 0 aliphatic carbocycles. The molecule has 2 rings (SSSR count). The minimum atomic E-state index is 0.665. The summed E-state index contributed by atoms with van der Waals surface area (Å²) in [7, 11) is 0. The van der Waals surface area contributed by atoms with Crippen molar-refractivity contribution in [1.82, 2.24) is 4.98 Å². The van der Waals surface area contributed by atoms with Gasteiger partial charge in [-0.25, -0.2) is 4.99 Å². The van der Waals surface area contributed by atoms with E-state index in [9.17, 15) is 4.79 Å². The van der Waals surface area contributed by atoms with E-state index < -0.39 is 0 Å². The van der Waals surface area contributed by atoms with Crippen LogP contribution in [0, 0.1) is 0 Å². The van der Waals surface area contributed by atoms with E-state index in [1.165, 1.54) is 0 Å². The van der Waals surface area contributed by atoms with Gasteiger partial charge in [-0.2, -0.15) is 0 Å². The molecule has 0 saturated heterocycles. The molecule has 1 aromatic heterocycles. The van der Waals surface area contributed by atoms with Gasteiger partial charge in [-0.3, -0.25) is 4.79 Å². The van der Waals surface area contributed by atoms with Gasteiger partial charge in [0.1, 0.15) is 11.8 Å². The second-order valence-electron chi connectivity index (χ2n) is 2.64. The molecule has 0 radical (unpaired) electrons. The van der Waals surface area contributed by atoms with Gasteiger partial charge in [-0.1, -0.05) is 6.08 Å². The van der Waals surface area contributed by atoms with Crippen molar-refractivity contribution in [2.45, 2.75) is 6.42 Å². The molecule has 0 bridgehead atoms. The number of aromatic nitrogens is 1. The number of aromatic amines is 1. The standard InChI is InChI=1S/C9H8N2O/c12-6-7-1-2-8-3-4-10-9(8)11-5-7/h2-6H,1H2,(H,10,11). The number of allylic oxidation sites excluding steroid dienone is 1. The molecule has 0 atom stereocenters. The van der Waals surface area contributed by atoms with Gasteiger partial charge in [-0.15, -0.1) is 0 Å². The number of nitrogens with zero attached hydrogens (tertiary/aromatic N) is 1. The monoisotopic (exact) mass is 160 g/mol. The molecule has 1 aromatic rings. The fourth-order valence-electron chi connectivity index (χ4n) is 1.16. The Hall–Kier alpha value is -1.64. The number of hydrogen-bond donors (Lipinski definition) is 1. The number of fused-ring (bicyclic) bond motifs is 1. The van der Waals surface area contributed by atoms with E-state index >= 15 is 0 Å². The van der Waals surface area contributed by atoms with Crippen LogP contribution in [0.1, 0.15) is 6.42 Å². The predicted octanol–water partition coefficient (Wildman–Crippen LogP) is -0.0987. The zero-order valence-corrected chi connectivity index (χ0v) is 6.45. The normalized spacial score (nSPS) is 14.8. The van der Waals surface area contributed by atoms with Gasteiger partial charge in [0.05, 0.1) is 0 Å². The molecule has 3 nitrogen and oxygen atoms in total. The minimum absolute atomic E-state index is 0.665. The molecule has 1 aliphatic rings. The van der Waals surface area contributed by atoms with Gasteiger partial charge in [-0.05, 0) is 12.5 Å². The number of rotatable bonds is 1. The summed E-state index contributed by atoms with van der Waals surface area (Å²) >= 11 is 0. The Morgan fingerprint density at radius 1 is 1.58 bits per heavy atom. The van der Waals surface area contributed by atoms with Crippen LogP contribution >= 0.6 is 0 Å². The highest BCUT2D eigenvalue weighted by atomic mass is 16.1. The molecule has 1 N–H and O–H groups in total. The molecule has 3 heteroatoms. The second-order valence-corrected chi connectivity index (χ2v) is 2.64. The summed E-state index contributed by atoms with van der Waals surface area (Å²) < 4.78 is 0. The lowest BCUT2D eigenvalue weighted by atomic mass is 10.2. The van der Waals surface area contributed by atoms with E-state index in [0.29, 0.717) is 12.0 Å². The van der Waals surface area contributed by atoms with Gasteiger partial charge in [0.25, 0.3) is 0 Å². The first-order valence-electron chi connectivity index (χ1n) is 3.76. The number of nitrogens with one attached hydrogen (secondary N) is 1. The summed E-state index contributed by atoms with van der Waals surface area (Å²) in [5, 5.41) is 1.06. The van der Waals surface area contributed by atoms with E-state index in [1.54, 1.807) is 6.20 Å². The maximum Gasteiger partial charge on any atom is 0.147 e. The summed E-state index contributed by atoms with van der Waals surface area (Å²) in [6, 6.07) is 1.94. The fraction of sp³-hybridized carbons (Fsp3) is 0.111. The molecule has 0 unspecified atom stereocenters. The Balaban J connectivity index is 2.61. The summed E-state index contributed by atoms with van der Waals surface area (Å²) in [6.45, 7) is 0. The quantitative estimate of drug-likeness (QED) is 0.573. The Bertz CT molecular complexity index is 439. The summed E-state index contributed by atoms with van der Waals surface area (Å²) in [6.07, 6.45) is 6.93. The lowest BCUT2D eigenvalue weighted by Gasteiger charge is -1.85. The largest absolute Gasteiger partial charge is 0.346 e. The van der Waals surface area contributed by atoms with Crippen LogP contribution in [0.15, 0.2) is 29.0 Å². The number of carbonyl (C=O) groups excluding carboxylic acids is 1. The summed E-state index contributed by atoms with van der Waals surface area (Å²) in [5.74, 6) is 0. The van der Waals surface area contributed by atoms with Crippen LogP contribution in [0.2, 0.25) is 0 Å². The van der Waals surface area contributed by atoms with E-state index in [2.05, 4.69) is 9.98 Å². The van der Waals surface area contributed by atoms with Gasteiger partial charge in [0.15, 0.2) is 0 Å². The number of H-pyrrole nitrogens is 1. The Kier molecular flexibility index (Phi) is 1.63. The van der Waals surface area contributed by atoms with Crippen LogP contribution in [0.5, 0.6) is 0 Å². The van der Waals surface area contributed by atoms with Crippen LogP contribution in [0.25, 0.3) is 6.08 Å². The fourth-order valence-corrected chi connectivity index (χ4v) is 1.16. The SMILES string of the molecule is O=CC1=CN=c2[nH]ccc2=CC1. The van der Waals surface area contributed by atoms with E-state index in [0.717, 1.165) is 17.0 Å². The molecule has 60 valence electrons. The van der Waals surface area contributed by atoms with Crippen molar-refractivity contribution >= 4 is 12.4 Å². The van der Waals surface area contributed by atoms with Crippen molar-refractivity contribution in [3.63, 3.8) is 0 Å². The average Bonchev–Trinajstić information content (AvgIpc) is 2.46. The molecule has 2 heterocycles. The first-order valence-corrected chi connectivity index (χ1v) is 3.76. The third-order valence-corrected chi connectivity index (χ3v) is 1.82. The minimum Gasteiger partial charge on any atom is -0.346 e. The van der Waals surface area contributed by atoms with Crippen molar-refractivity contribution in [3.8, 4) is 0 Å². The van der Waals surface area contributed by atoms with Crippen LogP contribution in [0.3, 0.4) is 0 Å². The molecule has 1 aliphatic heterocycles. The first kappa shape index (κ1) is 7.03. The molecule has 0 saturated carbocycles. The summed E-state index contributed by atoms with van der Waals surface area (Å²) in [5.41, 5.74) is 1.53.